The van der Waals surface area contributed by atoms with Crippen molar-refractivity contribution in [1.29, 1.82) is 0 Å². The third-order valence-corrected chi connectivity index (χ3v) is 4.66. The number of amidine groups is 1. The second-order valence-corrected chi connectivity index (χ2v) is 6.90. The van der Waals surface area contributed by atoms with Gasteiger partial charge in [-0.2, -0.15) is 9.61 Å². The first-order valence-electron chi connectivity index (χ1n) is 11.5. The second-order valence-electron chi connectivity index (χ2n) is 6.90. The Morgan fingerprint density at radius 2 is 1.79 bits per heavy atom. The van der Waals surface area contributed by atoms with E-state index >= 15 is 0 Å². The Hall–Kier alpha value is -3.62. The van der Waals surface area contributed by atoms with Crippen LogP contribution in [0.4, 0.5) is 5.82 Å². The van der Waals surface area contributed by atoms with E-state index in [1.165, 1.54) is 0 Å². The zero-order chi connectivity index (χ0) is 25.8. The standard InChI is InChI=1S/C21H26N6O3.2C2H6/c1-12-9-16(29-6)7-8-17(12)20-14(3)25-27-18(10-13(2)24-21(20)27)23-11-19(28)30-26-15(4)22-5;2*1-2/h7-10,23H,11H2,1-6H3,(H,22,26);2*1-2H3. The van der Waals surface area contributed by atoms with E-state index in [1.54, 1.807) is 25.6 Å². The first kappa shape index (κ1) is 28.4. The van der Waals surface area contributed by atoms with Crippen molar-refractivity contribution < 1.29 is 14.4 Å². The van der Waals surface area contributed by atoms with Gasteiger partial charge in [0.15, 0.2) is 5.65 Å². The maximum absolute atomic E-state index is 12.0. The summed E-state index contributed by atoms with van der Waals surface area (Å²) in [5.74, 6) is 1.48. The number of carbonyl (C=O) groups excluding carboxylic acids is 1. The smallest absolute Gasteiger partial charge is 0.351 e. The summed E-state index contributed by atoms with van der Waals surface area (Å²) in [6, 6.07) is 7.75. The van der Waals surface area contributed by atoms with E-state index in [2.05, 4.69) is 20.9 Å². The molecule has 3 rings (SSSR count). The number of aromatic nitrogens is 3. The molecule has 2 heterocycles. The minimum Gasteiger partial charge on any atom is -0.497 e. The number of rotatable bonds is 5. The largest absolute Gasteiger partial charge is 0.497 e. The summed E-state index contributed by atoms with van der Waals surface area (Å²) in [4.78, 5) is 25.5. The molecule has 0 bridgehead atoms. The molecule has 0 saturated carbocycles. The first-order valence-corrected chi connectivity index (χ1v) is 11.5. The quantitative estimate of drug-likeness (QED) is 0.311. The summed E-state index contributed by atoms with van der Waals surface area (Å²) in [7, 11) is 3.25. The maximum Gasteiger partial charge on any atom is 0.351 e. The van der Waals surface area contributed by atoms with E-state index in [0.29, 0.717) is 17.3 Å². The predicted octanol–water partition coefficient (Wildman–Crippen LogP) is 4.89. The molecular formula is C25H38N6O3. The molecule has 34 heavy (non-hydrogen) atoms. The Kier molecular flexibility index (Phi) is 11.5. The van der Waals surface area contributed by atoms with Gasteiger partial charge in [0, 0.05) is 24.4 Å². The Morgan fingerprint density at radius 3 is 2.38 bits per heavy atom. The van der Waals surface area contributed by atoms with Crippen LogP contribution in [-0.4, -0.2) is 47.1 Å². The highest BCUT2D eigenvalue weighted by Gasteiger charge is 2.18. The van der Waals surface area contributed by atoms with Crippen molar-refractivity contribution in [1.82, 2.24) is 20.1 Å². The molecule has 1 aromatic carbocycles. The molecule has 0 unspecified atom stereocenters. The highest BCUT2D eigenvalue weighted by molar-refractivity contribution is 5.84. The molecule has 0 aliphatic carbocycles. The molecule has 0 spiro atoms. The molecule has 2 aromatic heterocycles. The van der Waals surface area contributed by atoms with Crippen molar-refractivity contribution in [2.75, 3.05) is 26.0 Å². The average Bonchev–Trinajstić information content (AvgIpc) is 3.18. The van der Waals surface area contributed by atoms with E-state index in [1.807, 2.05) is 72.7 Å². The molecule has 9 heteroatoms. The van der Waals surface area contributed by atoms with Gasteiger partial charge in [0.1, 0.15) is 23.9 Å². The Labute approximate surface area is 202 Å². The normalized spacial score (nSPS) is 10.5. The molecule has 0 amide bonds. The number of fused-ring (bicyclic) bond motifs is 1. The van der Waals surface area contributed by atoms with Gasteiger partial charge in [-0.25, -0.2) is 15.3 Å². The van der Waals surface area contributed by atoms with E-state index in [-0.39, 0.29) is 6.54 Å². The summed E-state index contributed by atoms with van der Waals surface area (Å²) >= 11 is 0. The summed E-state index contributed by atoms with van der Waals surface area (Å²) in [5, 5.41) is 7.73. The molecule has 0 aliphatic rings. The lowest BCUT2D eigenvalue weighted by atomic mass is 10.0. The molecule has 0 radical (unpaired) electrons. The van der Waals surface area contributed by atoms with Crippen LogP contribution in [-0.2, 0) is 9.63 Å². The number of hydrogen-bond donors (Lipinski definition) is 2. The number of aliphatic imine (C=N–C) groups is 1. The van der Waals surface area contributed by atoms with E-state index in [9.17, 15) is 4.79 Å². The molecule has 0 atom stereocenters. The fourth-order valence-corrected chi connectivity index (χ4v) is 3.10. The highest BCUT2D eigenvalue weighted by Crippen LogP contribution is 2.33. The van der Waals surface area contributed by atoms with Crippen LogP contribution in [0.1, 0.15) is 51.6 Å². The third-order valence-electron chi connectivity index (χ3n) is 4.66. The molecule has 2 N–H and O–H groups in total. The number of benzene rings is 1. The SMILES string of the molecule is CC.CC.CN=C(C)NOC(=O)CNc1cc(C)nc2c(-c3ccc(OC)cc3C)c(C)nn12. The van der Waals surface area contributed by atoms with Gasteiger partial charge < -0.3 is 14.9 Å². The van der Waals surface area contributed by atoms with Crippen LogP contribution in [0.25, 0.3) is 16.8 Å². The summed E-state index contributed by atoms with van der Waals surface area (Å²) in [5.41, 5.74) is 7.88. The topological polar surface area (TPSA) is 102 Å². The number of nitrogens with zero attached hydrogens (tertiary/aromatic N) is 4. The lowest BCUT2D eigenvalue weighted by Gasteiger charge is -2.11. The summed E-state index contributed by atoms with van der Waals surface area (Å²) in [6.07, 6.45) is 0. The molecule has 3 aromatic rings. The van der Waals surface area contributed by atoms with Crippen molar-refractivity contribution >= 4 is 23.3 Å². The number of methoxy groups -OCH3 is 1. The first-order chi connectivity index (χ1) is 16.3. The Balaban J connectivity index is 0.00000137. The molecule has 9 nitrogen and oxygen atoms in total. The minimum atomic E-state index is -0.476. The number of hydroxylamine groups is 1. The zero-order valence-corrected chi connectivity index (χ0v) is 22.0. The van der Waals surface area contributed by atoms with Crippen LogP contribution in [0, 0.1) is 20.8 Å². The van der Waals surface area contributed by atoms with Gasteiger partial charge in [-0.1, -0.05) is 33.8 Å². The van der Waals surface area contributed by atoms with Crippen LogP contribution < -0.4 is 15.5 Å². The molecule has 0 fully saturated rings. The van der Waals surface area contributed by atoms with Crippen LogP contribution in [0.2, 0.25) is 0 Å². The van der Waals surface area contributed by atoms with Crippen molar-refractivity contribution in [2.45, 2.75) is 55.4 Å². The van der Waals surface area contributed by atoms with Gasteiger partial charge in [0.25, 0.3) is 0 Å². The van der Waals surface area contributed by atoms with Crippen molar-refractivity contribution in [2.24, 2.45) is 4.99 Å². The number of ether oxygens (including phenoxy) is 1. The minimum absolute atomic E-state index is 0.0433. The van der Waals surface area contributed by atoms with Gasteiger partial charge >= 0.3 is 5.97 Å². The van der Waals surface area contributed by atoms with E-state index in [0.717, 1.165) is 33.8 Å². The number of hydrogen-bond acceptors (Lipinski definition) is 7. The Morgan fingerprint density at radius 1 is 1.12 bits per heavy atom. The van der Waals surface area contributed by atoms with E-state index in [4.69, 9.17) is 14.6 Å². The molecule has 0 aliphatic heterocycles. The van der Waals surface area contributed by atoms with Gasteiger partial charge in [-0.15, -0.1) is 0 Å². The van der Waals surface area contributed by atoms with Gasteiger partial charge in [0.2, 0.25) is 0 Å². The summed E-state index contributed by atoms with van der Waals surface area (Å²) < 4.78 is 7.03. The fourth-order valence-electron chi connectivity index (χ4n) is 3.10. The molecule has 0 saturated heterocycles. The van der Waals surface area contributed by atoms with Crippen LogP contribution in [0.5, 0.6) is 5.75 Å². The van der Waals surface area contributed by atoms with Crippen LogP contribution >= 0.6 is 0 Å². The summed E-state index contributed by atoms with van der Waals surface area (Å²) in [6.45, 7) is 15.5. The number of carbonyl (C=O) groups is 1. The number of anilines is 1. The van der Waals surface area contributed by atoms with Gasteiger partial charge in [-0.3, -0.25) is 4.99 Å². The highest BCUT2D eigenvalue weighted by atomic mass is 16.7. The number of aryl methyl sites for hydroxylation is 3. The molecule has 186 valence electrons. The van der Waals surface area contributed by atoms with Crippen molar-refractivity contribution in [3.63, 3.8) is 0 Å². The lowest BCUT2D eigenvalue weighted by molar-refractivity contribution is -0.145. The van der Waals surface area contributed by atoms with E-state index < -0.39 is 5.97 Å². The maximum atomic E-state index is 12.0. The fraction of sp³-hybridized carbons (Fsp3) is 0.440. The average molecular weight is 471 g/mol. The van der Waals surface area contributed by atoms with Crippen LogP contribution in [0.15, 0.2) is 29.3 Å². The number of nitrogens with one attached hydrogen (secondary N) is 2. The van der Waals surface area contributed by atoms with Crippen molar-refractivity contribution in [3.8, 4) is 16.9 Å². The third kappa shape index (κ3) is 6.94. The molecular weight excluding hydrogens is 432 g/mol. The predicted molar refractivity (Wildman–Crippen MR) is 139 cm³/mol. The lowest BCUT2D eigenvalue weighted by Crippen LogP contribution is -2.29. The zero-order valence-electron chi connectivity index (χ0n) is 22.0. The second kappa shape index (κ2) is 13.8. The van der Waals surface area contributed by atoms with Crippen LogP contribution in [0.3, 0.4) is 0 Å². The van der Waals surface area contributed by atoms with Crippen molar-refractivity contribution in [3.05, 3.63) is 41.2 Å². The van der Waals surface area contributed by atoms with Gasteiger partial charge in [-0.05, 0) is 51.0 Å². The van der Waals surface area contributed by atoms with Gasteiger partial charge in [0.05, 0.1) is 12.8 Å². The Bertz CT molecular complexity index is 1120. The monoisotopic (exact) mass is 470 g/mol.